The van der Waals surface area contributed by atoms with Crippen LogP contribution in [0.1, 0.15) is 28.9 Å². The van der Waals surface area contributed by atoms with Crippen LogP contribution in [0.15, 0.2) is 48.5 Å². The average Bonchev–Trinajstić information content (AvgIpc) is 2.58. The number of nitrogens with zero attached hydrogens (tertiary/aromatic N) is 1. The van der Waals surface area contributed by atoms with E-state index in [0.717, 1.165) is 5.56 Å². The van der Waals surface area contributed by atoms with Gasteiger partial charge in [-0.3, -0.25) is 9.59 Å². The highest BCUT2D eigenvalue weighted by Crippen LogP contribution is 2.24. The molecule has 0 saturated carbocycles. The van der Waals surface area contributed by atoms with Crippen molar-refractivity contribution in [3.63, 3.8) is 0 Å². The van der Waals surface area contributed by atoms with E-state index in [1.54, 1.807) is 42.3 Å². The molecule has 5 nitrogen and oxygen atoms in total. The van der Waals surface area contributed by atoms with Crippen LogP contribution in [-0.2, 0) is 4.79 Å². The third kappa shape index (κ3) is 4.49. The Morgan fingerprint density at radius 2 is 1.92 bits per heavy atom. The standard InChI is InChI=1S/C18H19ClN2O3/c1-12(13-5-3-7-15(19)9-13)21(2)18(23)14-6-4-8-16(10-14)24-11-17(20)22/h3-10,12H,11H2,1-2H3,(H2,20,22). The molecular formula is C18H19ClN2O3. The van der Waals surface area contributed by atoms with Gasteiger partial charge in [0.1, 0.15) is 5.75 Å². The van der Waals surface area contributed by atoms with E-state index in [1.165, 1.54) is 0 Å². The van der Waals surface area contributed by atoms with Gasteiger partial charge in [0.25, 0.3) is 11.8 Å². The molecule has 2 amide bonds. The monoisotopic (exact) mass is 346 g/mol. The molecule has 6 heteroatoms. The third-order valence-corrected chi connectivity index (χ3v) is 3.93. The van der Waals surface area contributed by atoms with Crippen LogP contribution in [0, 0.1) is 0 Å². The number of halogens is 1. The van der Waals surface area contributed by atoms with Crippen LogP contribution in [0.25, 0.3) is 0 Å². The molecule has 2 aromatic rings. The summed E-state index contributed by atoms with van der Waals surface area (Å²) in [5.41, 5.74) is 6.46. The van der Waals surface area contributed by atoms with Crippen LogP contribution in [0.3, 0.4) is 0 Å². The van der Waals surface area contributed by atoms with E-state index in [-0.39, 0.29) is 18.6 Å². The number of benzene rings is 2. The van der Waals surface area contributed by atoms with Crippen molar-refractivity contribution in [3.05, 3.63) is 64.7 Å². The zero-order chi connectivity index (χ0) is 17.7. The van der Waals surface area contributed by atoms with Gasteiger partial charge < -0.3 is 15.4 Å². The highest BCUT2D eigenvalue weighted by Gasteiger charge is 2.19. The second kappa shape index (κ2) is 7.84. The van der Waals surface area contributed by atoms with Gasteiger partial charge in [0, 0.05) is 17.6 Å². The number of primary amides is 1. The van der Waals surface area contributed by atoms with Crippen LogP contribution in [-0.4, -0.2) is 30.4 Å². The second-order valence-corrected chi connectivity index (χ2v) is 5.87. The first kappa shape index (κ1) is 17.8. The molecule has 1 atom stereocenters. The van der Waals surface area contributed by atoms with Crippen molar-refractivity contribution in [2.24, 2.45) is 5.73 Å². The number of carbonyl (C=O) groups excluding carboxylic acids is 2. The van der Waals surface area contributed by atoms with E-state index in [2.05, 4.69) is 0 Å². The Hall–Kier alpha value is -2.53. The van der Waals surface area contributed by atoms with Crippen molar-refractivity contribution in [3.8, 4) is 5.75 Å². The molecule has 0 aliphatic rings. The molecule has 0 spiro atoms. The molecule has 126 valence electrons. The molecule has 0 bridgehead atoms. The number of carbonyl (C=O) groups is 2. The third-order valence-electron chi connectivity index (χ3n) is 3.69. The summed E-state index contributed by atoms with van der Waals surface area (Å²) in [4.78, 5) is 25.1. The van der Waals surface area contributed by atoms with Gasteiger partial charge in [-0.05, 0) is 42.8 Å². The molecule has 1 unspecified atom stereocenters. The molecule has 0 aliphatic heterocycles. The minimum atomic E-state index is -0.571. The minimum absolute atomic E-state index is 0.147. The van der Waals surface area contributed by atoms with E-state index in [0.29, 0.717) is 16.3 Å². The molecule has 2 rings (SSSR count). The maximum absolute atomic E-state index is 12.7. The summed E-state index contributed by atoms with van der Waals surface area (Å²) in [5, 5.41) is 0.627. The van der Waals surface area contributed by atoms with Crippen molar-refractivity contribution in [2.45, 2.75) is 13.0 Å². The van der Waals surface area contributed by atoms with Crippen LogP contribution in [0.2, 0.25) is 5.02 Å². The highest BCUT2D eigenvalue weighted by atomic mass is 35.5. The molecule has 0 heterocycles. The van der Waals surface area contributed by atoms with Gasteiger partial charge in [0.05, 0.1) is 6.04 Å². The topological polar surface area (TPSA) is 72.6 Å². The number of ether oxygens (including phenoxy) is 1. The number of nitrogens with two attached hydrogens (primary N) is 1. The second-order valence-electron chi connectivity index (χ2n) is 5.43. The van der Waals surface area contributed by atoms with E-state index in [9.17, 15) is 9.59 Å². The van der Waals surface area contributed by atoms with Crippen LogP contribution >= 0.6 is 11.6 Å². The first-order valence-corrected chi connectivity index (χ1v) is 7.80. The molecule has 24 heavy (non-hydrogen) atoms. The fourth-order valence-electron chi connectivity index (χ4n) is 2.24. The van der Waals surface area contributed by atoms with Crippen molar-refractivity contribution in [1.29, 1.82) is 0 Å². The molecule has 0 radical (unpaired) electrons. The summed E-state index contributed by atoms with van der Waals surface area (Å²) < 4.78 is 5.24. The van der Waals surface area contributed by atoms with Crippen LogP contribution < -0.4 is 10.5 Å². The molecule has 0 aliphatic carbocycles. The maximum Gasteiger partial charge on any atom is 0.255 e. The van der Waals surface area contributed by atoms with E-state index in [1.807, 2.05) is 25.1 Å². The van der Waals surface area contributed by atoms with Crippen molar-refractivity contribution in [2.75, 3.05) is 13.7 Å². The molecule has 2 N–H and O–H groups in total. The Labute approximate surface area is 146 Å². The zero-order valence-corrected chi connectivity index (χ0v) is 14.3. The van der Waals surface area contributed by atoms with Crippen LogP contribution in [0.5, 0.6) is 5.75 Å². The Balaban J connectivity index is 2.15. The first-order chi connectivity index (χ1) is 11.4. The van der Waals surface area contributed by atoms with Gasteiger partial charge in [-0.25, -0.2) is 0 Å². The zero-order valence-electron chi connectivity index (χ0n) is 13.5. The van der Waals surface area contributed by atoms with E-state index < -0.39 is 5.91 Å². The first-order valence-electron chi connectivity index (χ1n) is 7.42. The fourth-order valence-corrected chi connectivity index (χ4v) is 2.44. The van der Waals surface area contributed by atoms with Crippen molar-refractivity contribution >= 4 is 23.4 Å². The number of hydrogen-bond donors (Lipinski definition) is 1. The number of amides is 2. The Morgan fingerprint density at radius 3 is 2.58 bits per heavy atom. The van der Waals surface area contributed by atoms with Gasteiger partial charge >= 0.3 is 0 Å². The molecule has 0 aromatic heterocycles. The minimum Gasteiger partial charge on any atom is -0.484 e. The Bertz CT molecular complexity index is 749. The smallest absolute Gasteiger partial charge is 0.255 e. The van der Waals surface area contributed by atoms with Gasteiger partial charge in [-0.1, -0.05) is 29.8 Å². The van der Waals surface area contributed by atoms with Crippen molar-refractivity contribution < 1.29 is 14.3 Å². The summed E-state index contributed by atoms with van der Waals surface area (Å²) in [7, 11) is 1.73. The normalized spacial score (nSPS) is 11.6. The predicted octanol–water partition coefficient (Wildman–Crippen LogP) is 3.04. The molecule has 0 fully saturated rings. The lowest BCUT2D eigenvalue weighted by molar-refractivity contribution is -0.119. The summed E-state index contributed by atoms with van der Waals surface area (Å²) in [6.45, 7) is 1.70. The predicted molar refractivity (Wildman–Crippen MR) is 93.1 cm³/mol. The quantitative estimate of drug-likeness (QED) is 0.873. The summed E-state index contributed by atoms with van der Waals surface area (Å²) in [5.74, 6) is -0.311. The fraction of sp³-hybridized carbons (Fsp3) is 0.222. The van der Waals surface area contributed by atoms with E-state index in [4.69, 9.17) is 22.1 Å². The number of rotatable bonds is 6. The SMILES string of the molecule is CC(c1cccc(Cl)c1)N(C)C(=O)c1cccc(OCC(N)=O)c1. The lowest BCUT2D eigenvalue weighted by Crippen LogP contribution is -2.29. The molecule has 0 saturated heterocycles. The lowest BCUT2D eigenvalue weighted by atomic mass is 10.1. The summed E-state index contributed by atoms with van der Waals surface area (Å²) in [6.07, 6.45) is 0. The van der Waals surface area contributed by atoms with Gasteiger partial charge in [-0.15, -0.1) is 0 Å². The van der Waals surface area contributed by atoms with Gasteiger partial charge in [-0.2, -0.15) is 0 Å². The van der Waals surface area contributed by atoms with Gasteiger partial charge in [0.15, 0.2) is 6.61 Å². The molecular weight excluding hydrogens is 328 g/mol. The maximum atomic E-state index is 12.7. The Kier molecular flexibility index (Phi) is 5.82. The number of hydrogen-bond acceptors (Lipinski definition) is 3. The Morgan fingerprint density at radius 1 is 1.21 bits per heavy atom. The van der Waals surface area contributed by atoms with Gasteiger partial charge in [0.2, 0.25) is 0 Å². The van der Waals surface area contributed by atoms with E-state index >= 15 is 0 Å². The summed E-state index contributed by atoms with van der Waals surface area (Å²) >= 11 is 6.01. The largest absolute Gasteiger partial charge is 0.484 e. The highest BCUT2D eigenvalue weighted by molar-refractivity contribution is 6.30. The van der Waals surface area contributed by atoms with Crippen molar-refractivity contribution in [1.82, 2.24) is 4.90 Å². The van der Waals surface area contributed by atoms with Crippen LogP contribution in [0.4, 0.5) is 0 Å². The average molecular weight is 347 g/mol. The molecule has 2 aromatic carbocycles. The lowest BCUT2D eigenvalue weighted by Gasteiger charge is -2.25. The summed E-state index contributed by atoms with van der Waals surface area (Å²) in [6, 6.07) is 13.9.